The van der Waals surface area contributed by atoms with Crippen LogP contribution in [0.5, 0.6) is 5.75 Å². The molecule has 0 aliphatic heterocycles. The van der Waals surface area contributed by atoms with Crippen molar-refractivity contribution in [1.29, 1.82) is 0 Å². The molecule has 0 aliphatic carbocycles. The van der Waals surface area contributed by atoms with Gasteiger partial charge < -0.3 is 5.11 Å². The Morgan fingerprint density at radius 3 is 2.57 bits per heavy atom. The highest BCUT2D eigenvalue weighted by Crippen LogP contribution is 2.36. The molecule has 4 rings (SSSR count). The van der Waals surface area contributed by atoms with E-state index in [2.05, 4.69) is 10.2 Å². The van der Waals surface area contributed by atoms with Gasteiger partial charge in [-0.2, -0.15) is 5.10 Å². The zero-order valence-corrected chi connectivity index (χ0v) is 15.4. The third-order valence-corrected chi connectivity index (χ3v) is 6.04. The molecule has 0 fully saturated rings. The van der Waals surface area contributed by atoms with Crippen LogP contribution in [0, 0.1) is 11.6 Å². The van der Waals surface area contributed by atoms with E-state index in [1.165, 1.54) is 36.5 Å². The zero-order valence-electron chi connectivity index (χ0n) is 13.8. The van der Waals surface area contributed by atoms with Gasteiger partial charge in [0.1, 0.15) is 16.4 Å². The second-order valence-electron chi connectivity index (χ2n) is 5.85. The van der Waals surface area contributed by atoms with E-state index >= 15 is 0 Å². The summed E-state index contributed by atoms with van der Waals surface area (Å²) >= 11 is 6.00. The molecule has 0 spiro atoms. The van der Waals surface area contributed by atoms with Crippen LogP contribution in [0.2, 0.25) is 5.02 Å². The minimum atomic E-state index is -4.61. The van der Waals surface area contributed by atoms with Gasteiger partial charge in [0.05, 0.1) is 11.2 Å². The van der Waals surface area contributed by atoms with Crippen LogP contribution in [0.1, 0.15) is 0 Å². The molecule has 0 saturated carbocycles. The molecular weight excluding hydrogens is 412 g/mol. The van der Waals surface area contributed by atoms with Crippen molar-refractivity contribution in [2.75, 3.05) is 0 Å². The number of aromatic hydroxyl groups is 1. The van der Waals surface area contributed by atoms with Crippen molar-refractivity contribution in [3.63, 3.8) is 0 Å². The third kappa shape index (κ3) is 2.88. The Bertz CT molecular complexity index is 1330. The quantitative estimate of drug-likeness (QED) is 0.541. The molecule has 0 amide bonds. The van der Waals surface area contributed by atoms with Gasteiger partial charge in [-0.3, -0.25) is 0 Å². The molecule has 2 aromatic carbocycles. The molecule has 4 aromatic rings. The molecule has 0 bridgehead atoms. The van der Waals surface area contributed by atoms with Crippen molar-refractivity contribution in [1.82, 2.24) is 14.2 Å². The van der Waals surface area contributed by atoms with Gasteiger partial charge in [0.15, 0.2) is 11.6 Å². The molecule has 10 heteroatoms. The number of benzene rings is 2. The first-order chi connectivity index (χ1) is 13.3. The topological polar surface area (TPSA) is 85.1 Å². The summed E-state index contributed by atoms with van der Waals surface area (Å²) in [7, 11) is -4.61. The van der Waals surface area contributed by atoms with Gasteiger partial charge >= 0.3 is 0 Å². The molecule has 2 aromatic heterocycles. The molecular formula is C18H10ClF2N3O3S. The van der Waals surface area contributed by atoms with Gasteiger partial charge in [-0.05, 0) is 42.5 Å². The maximum atomic E-state index is 13.8. The van der Waals surface area contributed by atoms with Crippen LogP contribution in [0.4, 0.5) is 8.78 Å². The second kappa shape index (κ2) is 6.54. The minimum Gasteiger partial charge on any atom is -0.504 e. The van der Waals surface area contributed by atoms with Gasteiger partial charge in [-0.25, -0.2) is 21.2 Å². The van der Waals surface area contributed by atoms with Gasteiger partial charge in [0.25, 0.3) is 10.0 Å². The van der Waals surface area contributed by atoms with Gasteiger partial charge in [-0.1, -0.05) is 11.6 Å². The number of phenolic OH excluding ortho intramolecular Hbond substituents is 1. The molecule has 2 heterocycles. The highest BCUT2D eigenvalue weighted by molar-refractivity contribution is 7.90. The van der Waals surface area contributed by atoms with Gasteiger partial charge in [-0.15, -0.1) is 5.10 Å². The minimum absolute atomic E-state index is 0.0921. The Morgan fingerprint density at radius 1 is 1.07 bits per heavy atom. The molecule has 0 saturated heterocycles. The zero-order chi connectivity index (χ0) is 20.1. The lowest BCUT2D eigenvalue weighted by atomic mass is 10.2. The molecule has 1 N–H and O–H groups in total. The van der Waals surface area contributed by atoms with E-state index in [0.29, 0.717) is 22.5 Å². The number of aromatic nitrogens is 3. The molecule has 0 radical (unpaired) electrons. The first-order valence-corrected chi connectivity index (χ1v) is 9.63. The van der Waals surface area contributed by atoms with E-state index in [0.717, 1.165) is 3.97 Å². The normalized spacial score (nSPS) is 11.8. The Morgan fingerprint density at radius 2 is 1.86 bits per heavy atom. The first-order valence-electron chi connectivity index (χ1n) is 7.82. The summed E-state index contributed by atoms with van der Waals surface area (Å²) in [5.41, 5.74) is 0.485. The van der Waals surface area contributed by atoms with E-state index in [1.54, 1.807) is 6.07 Å². The number of phenols is 1. The van der Waals surface area contributed by atoms with Gasteiger partial charge in [0.2, 0.25) is 0 Å². The largest absolute Gasteiger partial charge is 0.504 e. The predicted molar refractivity (Wildman–Crippen MR) is 98.6 cm³/mol. The van der Waals surface area contributed by atoms with E-state index in [9.17, 15) is 22.3 Å². The SMILES string of the molecule is O=S(=O)(c1cc(F)cc(F)c1O)n1c(-c2cccnn2)cc2cc(Cl)ccc21. The van der Waals surface area contributed by atoms with Crippen molar-refractivity contribution in [2.24, 2.45) is 0 Å². The number of hydrogen-bond acceptors (Lipinski definition) is 5. The predicted octanol–water partition coefficient (Wildman–Crippen LogP) is 3.97. The Balaban J connectivity index is 2.11. The lowest BCUT2D eigenvalue weighted by Gasteiger charge is -2.13. The summed E-state index contributed by atoms with van der Waals surface area (Å²) in [5.74, 6) is -3.71. The fraction of sp³-hybridized carbons (Fsp3) is 0. The fourth-order valence-electron chi connectivity index (χ4n) is 2.87. The van der Waals surface area contributed by atoms with Crippen molar-refractivity contribution in [3.05, 3.63) is 71.4 Å². The number of halogens is 3. The standard InChI is InChI=1S/C18H10ClF2N3O3S/c19-11-3-4-15-10(6-11)7-16(14-2-1-5-22-23-14)24(15)28(26,27)17-9-12(20)8-13(21)18(17)25/h1-9,25H. The van der Waals surface area contributed by atoms with Crippen molar-refractivity contribution in [2.45, 2.75) is 4.90 Å². The molecule has 142 valence electrons. The molecule has 0 unspecified atom stereocenters. The van der Waals surface area contributed by atoms with Crippen LogP contribution in [-0.4, -0.2) is 27.7 Å². The van der Waals surface area contributed by atoms with Crippen LogP contribution in [-0.2, 0) is 10.0 Å². The molecule has 28 heavy (non-hydrogen) atoms. The lowest BCUT2D eigenvalue weighted by molar-refractivity contribution is 0.411. The first kappa shape index (κ1) is 18.3. The third-order valence-electron chi connectivity index (χ3n) is 4.07. The summed E-state index contributed by atoms with van der Waals surface area (Å²) in [6.45, 7) is 0. The summed E-state index contributed by atoms with van der Waals surface area (Å²) < 4.78 is 55.0. The average molecular weight is 422 g/mol. The summed E-state index contributed by atoms with van der Waals surface area (Å²) in [6, 6.07) is 10.00. The lowest BCUT2D eigenvalue weighted by Crippen LogP contribution is -2.15. The van der Waals surface area contributed by atoms with E-state index in [-0.39, 0.29) is 16.9 Å². The smallest absolute Gasteiger partial charge is 0.272 e. The van der Waals surface area contributed by atoms with E-state index in [4.69, 9.17) is 11.6 Å². The molecule has 0 aliphatic rings. The number of nitrogens with zero attached hydrogens (tertiary/aromatic N) is 3. The van der Waals surface area contributed by atoms with Crippen LogP contribution in [0.25, 0.3) is 22.3 Å². The van der Waals surface area contributed by atoms with Crippen molar-refractivity contribution < 1.29 is 22.3 Å². The molecule has 6 nitrogen and oxygen atoms in total. The maximum absolute atomic E-state index is 13.8. The van der Waals surface area contributed by atoms with E-state index < -0.39 is 32.3 Å². The Labute approximate surface area is 162 Å². The van der Waals surface area contributed by atoms with Crippen LogP contribution < -0.4 is 0 Å². The monoisotopic (exact) mass is 421 g/mol. The number of fused-ring (bicyclic) bond motifs is 1. The van der Waals surface area contributed by atoms with Crippen molar-refractivity contribution >= 4 is 32.5 Å². The Hall–Kier alpha value is -3.04. The Kier molecular flexibility index (Phi) is 4.28. The number of rotatable bonds is 3. The average Bonchev–Trinajstić information content (AvgIpc) is 3.04. The summed E-state index contributed by atoms with van der Waals surface area (Å²) in [4.78, 5) is -0.914. The molecule has 0 atom stereocenters. The fourth-order valence-corrected chi connectivity index (χ4v) is 4.69. The van der Waals surface area contributed by atoms with Crippen LogP contribution in [0.15, 0.2) is 59.6 Å². The van der Waals surface area contributed by atoms with E-state index in [1.807, 2.05) is 0 Å². The van der Waals surface area contributed by atoms with Crippen LogP contribution in [0.3, 0.4) is 0 Å². The summed E-state index contributed by atoms with van der Waals surface area (Å²) in [5, 5.41) is 18.4. The number of hydrogen-bond donors (Lipinski definition) is 1. The highest BCUT2D eigenvalue weighted by atomic mass is 35.5. The van der Waals surface area contributed by atoms with Crippen molar-refractivity contribution in [3.8, 4) is 17.1 Å². The summed E-state index contributed by atoms with van der Waals surface area (Å²) in [6.07, 6.45) is 1.41. The van der Waals surface area contributed by atoms with Gasteiger partial charge in [0, 0.05) is 22.7 Å². The maximum Gasteiger partial charge on any atom is 0.272 e. The highest BCUT2D eigenvalue weighted by Gasteiger charge is 2.29. The second-order valence-corrected chi connectivity index (χ2v) is 8.04. The van der Waals surface area contributed by atoms with Crippen LogP contribution >= 0.6 is 11.6 Å².